The van der Waals surface area contributed by atoms with Gasteiger partial charge < -0.3 is 9.80 Å². The van der Waals surface area contributed by atoms with Crippen molar-refractivity contribution in [2.75, 3.05) is 31.1 Å². The van der Waals surface area contributed by atoms with E-state index in [9.17, 15) is 4.79 Å². The minimum Gasteiger partial charge on any atom is -0.368 e. The average molecular weight is 431 g/mol. The molecule has 0 saturated carbocycles. The maximum Gasteiger partial charge on any atom is 0.273 e. The lowest BCUT2D eigenvalue weighted by Crippen LogP contribution is -2.49. The van der Waals surface area contributed by atoms with Gasteiger partial charge in [-0.2, -0.15) is 5.10 Å². The molecule has 1 aromatic heterocycles. The molecule has 1 fully saturated rings. The van der Waals surface area contributed by atoms with E-state index in [4.69, 9.17) is 11.6 Å². The van der Waals surface area contributed by atoms with Gasteiger partial charge in [0.1, 0.15) is 5.69 Å². The second kappa shape index (κ2) is 6.45. The molecular formula is C15H16ClIN4O. The number of aryl methyl sites for hydroxylation is 1. The summed E-state index contributed by atoms with van der Waals surface area (Å²) in [6, 6.07) is 7.83. The van der Waals surface area contributed by atoms with Crippen LogP contribution in [0, 0.1) is 3.57 Å². The molecule has 2 aromatic rings. The number of amides is 1. The number of aromatic nitrogens is 2. The van der Waals surface area contributed by atoms with Gasteiger partial charge >= 0.3 is 0 Å². The molecule has 0 bridgehead atoms. The number of carbonyl (C=O) groups excluding carboxylic acids is 1. The number of benzene rings is 1. The monoisotopic (exact) mass is 430 g/mol. The molecule has 2 heterocycles. The lowest BCUT2D eigenvalue weighted by Gasteiger charge is -2.36. The lowest BCUT2D eigenvalue weighted by atomic mass is 10.2. The van der Waals surface area contributed by atoms with E-state index in [0.717, 1.165) is 27.4 Å². The number of nitrogens with zero attached hydrogens (tertiary/aromatic N) is 4. The molecule has 1 aliphatic heterocycles. The first kappa shape index (κ1) is 15.6. The maximum absolute atomic E-state index is 12.6. The highest BCUT2D eigenvalue weighted by atomic mass is 127. The molecule has 0 spiro atoms. The Kier molecular flexibility index (Phi) is 4.58. The van der Waals surface area contributed by atoms with E-state index >= 15 is 0 Å². The van der Waals surface area contributed by atoms with E-state index in [-0.39, 0.29) is 5.91 Å². The van der Waals surface area contributed by atoms with Crippen molar-refractivity contribution in [3.8, 4) is 0 Å². The fourth-order valence-electron chi connectivity index (χ4n) is 2.64. The highest BCUT2D eigenvalue weighted by Crippen LogP contribution is 2.21. The van der Waals surface area contributed by atoms with Gasteiger partial charge in [0.2, 0.25) is 0 Å². The molecule has 0 unspecified atom stereocenters. The van der Waals surface area contributed by atoms with Crippen molar-refractivity contribution < 1.29 is 4.79 Å². The Morgan fingerprint density at radius 3 is 2.59 bits per heavy atom. The van der Waals surface area contributed by atoms with Gasteiger partial charge in [0.15, 0.2) is 0 Å². The van der Waals surface area contributed by atoms with Gasteiger partial charge in [-0.15, -0.1) is 0 Å². The van der Waals surface area contributed by atoms with Gasteiger partial charge in [-0.25, -0.2) is 0 Å². The second-order valence-electron chi connectivity index (χ2n) is 5.22. The Labute approximate surface area is 148 Å². The van der Waals surface area contributed by atoms with Gasteiger partial charge in [-0.1, -0.05) is 17.7 Å². The van der Waals surface area contributed by atoms with E-state index in [1.807, 2.05) is 29.2 Å². The minimum atomic E-state index is 0.0511. The first-order chi connectivity index (χ1) is 10.6. The van der Waals surface area contributed by atoms with Crippen LogP contribution in [0.1, 0.15) is 10.5 Å². The SMILES string of the molecule is Cn1ncc(I)c1C(=O)N1CCN(c2cccc(Cl)c2)CC1. The van der Waals surface area contributed by atoms with E-state index in [1.165, 1.54) is 0 Å². The Balaban J connectivity index is 1.68. The van der Waals surface area contributed by atoms with Gasteiger partial charge in [0.05, 0.1) is 9.77 Å². The fraction of sp³-hybridized carbons (Fsp3) is 0.333. The largest absolute Gasteiger partial charge is 0.368 e. The molecule has 0 atom stereocenters. The molecule has 7 heteroatoms. The van der Waals surface area contributed by atoms with E-state index < -0.39 is 0 Å². The fourth-order valence-corrected chi connectivity index (χ4v) is 3.53. The number of anilines is 1. The lowest BCUT2D eigenvalue weighted by molar-refractivity contribution is 0.0734. The maximum atomic E-state index is 12.6. The zero-order valence-electron chi connectivity index (χ0n) is 12.2. The first-order valence-electron chi connectivity index (χ1n) is 7.03. The summed E-state index contributed by atoms with van der Waals surface area (Å²) in [5, 5.41) is 4.88. The number of piperazine rings is 1. The number of carbonyl (C=O) groups is 1. The van der Waals surface area contributed by atoms with Gasteiger partial charge in [0.25, 0.3) is 5.91 Å². The van der Waals surface area contributed by atoms with Crippen LogP contribution in [0.2, 0.25) is 5.02 Å². The molecule has 0 aliphatic carbocycles. The molecule has 5 nitrogen and oxygen atoms in total. The van der Waals surface area contributed by atoms with Crippen molar-refractivity contribution >= 4 is 45.8 Å². The quantitative estimate of drug-likeness (QED) is 0.688. The summed E-state index contributed by atoms with van der Waals surface area (Å²) in [7, 11) is 1.80. The predicted molar refractivity (Wildman–Crippen MR) is 95.5 cm³/mol. The van der Waals surface area contributed by atoms with Gasteiger partial charge in [-0.3, -0.25) is 9.48 Å². The van der Waals surface area contributed by atoms with E-state index in [0.29, 0.717) is 18.8 Å². The molecule has 0 radical (unpaired) electrons. The number of hydrogen-bond acceptors (Lipinski definition) is 3. The van der Waals surface area contributed by atoms with Crippen LogP contribution in [0.3, 0.4) is 0 Å². The van der Waals surface area contributed by atoms with Gasteiger partial charge in [-0.05, 0) is 40.8 Å². The Bertz CT molecular complexity index is 675. The third-order valence-electron chi connectivity index (χ3n) is 3.84. The van der Waals surface area contributed by atoms with Crippen molar-refractivity contribution in [2.45, 2.75) is 0 Å². The second-order valence-corrected chi connectivity index (χ2v) is 6.82. The molecular weight excluding hydrogens is 415 g/mol. The van der Waals surface area contributed by atoms with Crippen LogP contribution < -0.4 is 4.90 Å². The van der Waals surface area contributed by atoms with Crippen molar-refractivity contribution in [1.29, 1.82) is 0 Å². The first-order valence-corrected chi connectivity index (χ1v) is 8.49. The Hall–Kier alpha value is -1.28. The van der Waals surface area contributed by atoms with Gasteiger partial charge in [0, 0.05) is 43.9 Å². The summed E-state index contributed by atoms with van der Waals surface area (Å²) in [4.78, 5) is 16.8. The topological polar surface area (TPSA) is 41.4 Å². The van der Waals surface area contributed by atoms with Crippen LogP contribution >= 0.6 is 34.2 Å². The Morgan fingerprint density at radius 1 is 1.27 bits per heavy atom. The van der Waals surface area contributed by atoms with Crippen molar-refractivity contribution in [2.24, 2.45) is 7.05 Å². The van der Waals surface area contributed by atoms with Crippen LogP contribution in [0.25, 0.3) is 0 Å². The third kappa shape index (κ3) is 3.08. The standard InChI is InChI=1S/C15H16ClIN4O/c1-19-14(13(17)10-18-19)15(22)21-7-5-20(6-8-21)12-4-2-3-11(16)9-12/h2-4,9-10H,5-8H2,1H3. The van der Waals surface area contributed by atoms with Crippen LogP contribution in [-0.2, 0) is 7.05 Å². The number of rotatable bonds is 2. The number of hydrogen-bond donors (Lipinski definition) is 0. The normalized spacial score (nSPS) is 15.2. The zero-order valence-corrected chi connectivity index (χ0v) is 15.1. The summed E-state index contributed by atoms with van der Waals surface area (Å²) in [6.07, 6.45) is 1.72. The highest BCUT2D eigenvalue weighted by molar-refractivity contribution is 14.1. The zero-order chi connectivity index (χ0) is 15.7. The van der Waals surface area contributed by atoms with Crippen molar-refractivity contribution in [3.05, 3.63) is 44.7 Å². The molecule has 116 valence electrons. The molecule has 22 heavy (non-hydrogen) atoms. The number of halogens is 2. The molecule has 1 aliphatic rings. The minimum absolute atomic E-state index is 0.0511. The van der Waals surface area contributed by atoms with Crippen LogP contribution in [0.4, 0.5) is 5.69 Å². The summed E-state index contributed by atoms with van der Waals surface area (Å²) in [5.74, 6) is 0.0511. The molecule has 3 rings (SSSR count). The van der Waals surface area contributed by atoms with Crippen molar-refractivity contribution in [1.82, 2.24) is 14.7 Å². The molecule has 1 aromatic carbocycles. The average Bonchev–Trinajstić information content (AvgIpc) is 2.86. The molecule has 1 amide bonds. The van der Waals surface area contributed by atoms with Crippen LogP contribution in [0.5, 0.6) is 0 Å². The molecule has 1 saturated heterocycles. The predicted octanol–water partition coefficient (Wildman–Crippen LogP) is 2.64. The summed E-state index contributed by atoms with van der Waals surface area (Å²) >= 11 is 8.20. The van der Waals surface area contributed by atoms with E-state index in [1.54, 1.807) is 17.9 Å². The third-order valence-corrected chi connectivity index (χ3v) is 4.86. The molecule has 0 N–H and O–H groups in total. The highest BCUT2D eigenvalue weighted by Gasteiger charge is 2.25. The van der Waals surface area contributed by atoms with E-state index in [2.05, 4.69) is 32.6 Å². The summed E-state index contributed by atoms with van der Waals surface area (Å²) < 4.78 is 2.54. The summed E-state index contributed by atoms with van der Waals surface area (Å²) in [5.41, 5.74) is 1.77. The summed E-state index contributed by atoms with van der Waals surface area (Å²) in [6.45, 7) is 3.01. The smallest absolute Gasteiger partial charge is 0.273 e. The Morgan fingerprint density at radius 2 is 2.00 bits per heavy atom. The van der Waals surface area contributed by atoms with Crippen LogP contribution in [-0.4, -0.2) is 46.8 Å². The van der Waals surface area contributed by atoms with Crippen molar-refractivity contribution in [3.63, 3.8) is 0 Å². The van der Waals surface area contributed by atoms with Crippen LogP contribution in [0.15, 0.2) is 30.5 Å².